The molecule has 0 aliphatic rings. The highest BCUT2D eigenvalue weighted by atomic mass is 35.5. The maximum atomic E-state index is 11.0. The highest BCUT2D eigenvalue weighted by Crippen LogP contribution is 2.18. The summed E-state index contributed by atoms with van der Waals surface area (Å²) in [4.78, 5) is 11.0. The summed E-state index contributed by atoms with van der Waals surface area (Å²) < 4.78 is 1.58. The molecule has 96 valence electrons. The van der Waals surface area contributed by atoms with Crippen molar-refractivity contribution in [3.8, 4) is 0 Å². The van der Waals surface area contributed by atoms with Crippen LogP contribution in [-0.4, -0.2) is 26.9 Å². The topological polar surface area (TPSA) is 67.2 Å². The van der Waals surface area contributed by atoms with Gasteiger partial charge in [-0.15, -0.1) is 0 Å². The first-order valence-electron chi connectivity index (χ1n) is 5.48. The first kappa shape index (κ1) is 14.0. The highest BCUT2D eigenvalue weighted by Gasteiger charge is 2.22. The molecule has 0 spiro atoms. The van der Waals surface area contributed by atoms with Gasteiger partial charge in [0, 0.05) is 19.2 Å². The molecule has 6 heteroatoms. The van der Waals surface area contributed by atoms with E-state index < -0.39 is 12.0 Å². The molecule has 0 aliphatic heterocycles. The van der Waals surface area contributed by atoms with Crippen molar-refractivity contribution in [1.82, 2.24) is 15.1 Å². The first-order chi connectivity index (χ1) is 7.84. The van der Waals surface area contributed by atoms with E-state index in [-0.39, 0.29) is 5.92 Å². The van der Waals surface area contributed by atoms with Crippen molar-refractivity contribution >= 4 is 17.6 Å². The number of hydrogen-bond donors (Lipinski definition) is 2. The molecule has 0 fully saturated rings. The Morgan fingerprint density at radius 3 is 2.53 bits per heavy atom. The van der Waals surface area contributed by atoms with Gasteiger partial charge in [-0.25, -0.2) is 0 Å². The molecule has 0 saturated carbocycles. The largest absolute Gasteiger partial charge is 0.480 e. The fraction of sp³-hybridized carbons (Fsp3) is 0.636. The van der Waals surface area contributed by atoms with E-state index in [1.165, 1.54) is 0 Å². The number of halogens is 1. The molecule has 1 aromatic heterocycles. The van der Waals surface area contributed by atoms with E-state index in [2.05, 4.69) is 10.4 Å². The van der Waals surface area contributed by atoms with Gasteiger partial charge in [0.05, 0.1) is 5.69 Å². The Kier molecular flexibility index (Phi) is 4.54. The summed E-state index contributed by atoms with van der Waals surface area (Å²) in [6, 6.07) is -0.578. The lowest BCUT2D eigenvalue weighted by atomic mass is 10.0. The van der Waals surface area contributed by atoms with Crippen molar-refractivity contribution < 1.29 is 9.90 Å². The van der Waals surface area contributed by atoms with Crippen molar-refractivity contribution in [2.75, 3.05) is 0 Å². The van der Waals surface area contributed by atoms with Crippen molar-refractivity contribution in [2.45, 2.75) is 33.4 Å². The Morgan fingerprint density at radius 1 is 1.59 bits per heavy atom. The summed E-state index contributed by atoms with van der Waals surface area (Å²) in [7, 11) is 1.76. The second-order valence-corrected chi connectivity index (χ2v) is 4.78. The summed E-state index contributed by atoms with van der Waals surface area (Å²) in [5.74, 6) is -0.832. The van der Waals surface area contributed by atoms with Crippen LogP contribution in [0.5, 0.6) is 0 Å². The molecule has 1 heterocycles. The van der Waals surface area contributed by atoms with E-state index in [0.29, 0.717) is 11.7 Å². The van der Waals surface area contributed by atoms with Gasteiger partial charge >= 0.3 is 5.97 Å². The van der Waals surface area contributed by atoms with Crippen LogP contribution in [0.25, 0.3) is 0 Å². The number of carboxylic acids is 1. The Hall–Kier alpha value is -1.07. The van der Waals surface area contributed by atoms with Crippen LogP contribution in [0.15, 0.2) is 0 Å². The molecule has 1 atom stereocenters. The standard InChI is InChI=1S/C11H18ClN3O2/c1-6(2)9(11(16)17)13-5-8-7(3)14-15(4)10(8)12/h6,9,13H,5H2,1-4H3,(H,16,17). The van der Waals surface area contributed by atoms with E-state index in [1.807, 2.05) is 20.8 Å². The summed E-state index contributed by atoms with van der Waals surface area (Å²) in [5, 5.41) is 16.8. The van der Waals surface area contributed by atoms with E-state index >= 15 is 0 Å². The van der Waals surface area contributed by atoms with Crippen molar-refractivity contribution in [2.24, 2.45) is 13.0 Å². The zero-order valence-electron chi connectivity index (χ0n) is 10.5. The van der Waals surface area contributed by atoms with Crippen LogP contribution in [0.1, 0.15) is 25.1 Å². The van der Waals surface area contributed by atoms with Crippen LogP contribution in [0.3, 0.4) is 0 Å². The molecule has 0 amide bonds. The number of nitrogens with one attached hydrogen (secondary N) is 1. The van der Waals surface area contributed by atoms with Crippen LogP contribution >= 0.6 is 11.6 Å². The number of aromatic nitrogens is 2. The van der Waals surface area contributed by atoms with Crippen molar-refractivity contribution in [3.63, 3.8) is 0 Å². The average Bonchev–Trinajstić information content (AvgIpc) is 2.43. The maximum Gasteiger partial charge on any atom is 0.320 e. The minimum Gasteiger partial charge on any atom is -0.480 e. The molecule has 1 aromatic rings. The molecule has 0 bridgehead atoms. The predicted molar refractivity (Wildman–Crippen MR) is 66.1 cm³/mol. The lowest BCUT2D eigenvalue weighted by Gasteiger charge is -2.17. The van der Waals surface area contributed by atoms with Crippen LogP contribution in [0.2, 0.25) is 5.15 Å². The van der Waals surface area contributed by atoms with Crippen LogP contribution in [-0.2, 0) is 18.4 Å². The zero-order chi connectivity index (χ0) is 13.2. The Bertz CT molecular complexity index is 415. The molecule has 1 rings (SSSR count). The quantitative estimate of drug-likeness (QED) is 0.843. The molecule has 1 unspecified atom stereocenters. The van der Waals surface area contributed by atoms with E-state index in [9.17, 15) is 4.79 Å². The molecular formula is C11H18ClN3O2. The highest BCUT2D eigenvalue weighted by molar-refractivity contribution is 6.30. The molecule has 0 aromatic carbocycles. The Labute approximate surface area is 106 Å². The Morgan fingerprint density at radius 2 is 2.18 bits per heavy atom. The van der Waals surface area contributed by atoms with Gasteiger partial charge < -0.3 is 5.11 Å². The summed E-state index contributed by atoms with van der Waals surface area (Å²) in [6.07, 6.45) is 0. The van der Waals surface area contributed by atoms with Gasteiger partial charge in [0.1, 0.15) is 11.2 Å². The predicted octanol–water partition coefficient (Wildman–Crippen LogP) is 1.58. The third kappa shape index (κ3) is 3.20. The number of nitrogens with zero attached hydrogens (tertiary/aromatic N) is 2. The van der Waals surface area contributed by atoms with Crippen LogP contribution in [0.4, 0.5) is 0 Å². The smallest absolute Gasteiger partial charge is 0.320 e. The fourth-order valence-electron chi connectivity index (χ4n) is 1.69. The average molecular weight is 260 g/mol. The summed E-state index contributed by atoms with van der Waals surface area (Å²) >= 11 is 6.07. The van der Waals surface area contributed by atoms with Crippen molar-refractivity contribution in [1.29, 1.82) is 0 Å². The number of hydrogen-bond acceptors (Lipinski definition) is 3. The molecule has 0 radical (unpaired) electrons. The van der Waals surface area contributed by atoms with Crippen LogP contribution in [0, 0.1) is 12.8 Å². The van der Waals surface area contributed by atoms with Gasteiger partial charge in [0.25, 0.3) is 0 Å². The molecule has 17 heavy (non-hydrogen) atoms. The van der Waals surface area contributed by atoms with E-state index in [4.69, 9.17) is 16.7 Å². The minimum absolute atomic E-state index is 0.0169. The fourth-order valence-corrected chi connectivity index (χ4v) is 1.94. The third-order valence-electron chi connectivity index (χ3n) is 2.70. The first-order valence-corrected chi connectivity index (χ1v) is 5.86. The van der Waals surface area contributed by atoms with Gasteiger partial charge in [-0.2, -0.15) is 5.10 Å². The number of aryl methyl sites for hydroxylation is 2. The number of carbonyl (C=O) groups is 1. The number of aliphatic carboxylic acids is 1. The summed E-state index contributed by atoms with van der Waals surface area (Å²) in [5.41, 5.74) is 1.67. The lowest BCUT2D eigenvalue weighted by Crippen LogP contribution is -2.40. The lowest BCUT2D eigenvalue weighted by molar-refractivity contribution is -0.140. The molecular weight excluding hydrogens is 242 g/mol. The van der Waals surface area contributed by atoms with Gasteiger partial charge in [-0.3, -0.25) is 14.8 Å². The third-order valence-corrected chi connectivity index (χ3v) is 3.17. The van der Waals surface area contributed by atoms with Gasteiger partial charge in [-0.1, -0.05) is 25.4 Å². The number of rotatable bonds is 5. The number of carboxylic acid groups (broad SMARTS) is 1. The second kappa shape index (κ2) is 5.51. The molecule has 0 aliphatic carbocycles. The van der Waals surface area contributed by atoms with E-state index in [1.54, 1.807) is 11.7 Å². The monoisotopic (exact) mass is 259 g/mol. The summed E-state index contributed by atoms with van der Waals surface area (Å²) in [6.45, 7) is 5.99. The maximum absolute atomic E-state index is 11.0. The minimum atomic E-state index is -0.849. The molecule has 0 saturated heterocycles. The Balaban J connectivity index is 2.75. The SMILES string of the molecule is Cc1nn(C)c(Cl)c1CNC(C(=O)O)C(C)C. The normalized spacial score (nSPS) is 13.1. The van der Waals surface area contributed by atoms with Gasteiger partial charge in [0.15, 0.2) is 0 Å². The van der Waals surface area contributed by atoms with Gasteiger partial charge in [-0.05, 0) is 12.8 Å². The molecule has 5 nitrogen and oxygen atoms in total. The zero-order valence-corrected chi connectivity index (χ0v) is 11.2. The van der Waals surface area contributed by atoms with Crippen molar-refractivity contribution in [3.05, 3.63) is 16.4 Å². The van der Waals surface area contributed by atoms with Gasteiger partial charge in [0.2, 0.25) is 0 Å². The second-order valence-electron chi connectivity index (χ2n) is 4.42. The van der Waals surface area contributed by atoms with Crippen LogP contribution < -0.4 is 5.32 Å². The van der Waals surface area contributed by atoms with E-state index in [0.717, 1.165) is 11.3 Å². The molecule has 2 N–H and O–H groups in total.